The second-order valence-corrected chi connectivity index (χ2v) is 13.0. The summed E-state index contributed by atoms with van der Waals surface area (Å²) in [5, 5.41) is 0. The maximum atomic E-state index is 5.28. The van der Waals surface area contributed by atoms with Crippen LogP contribution in [0.3, 0.4) is 0 Å². The zero-order chi connectivity index (χ0) is 33.3. The van der Waals surface area contributed by atoms with Crippen molar-refractivity contribution in [3.63, 3.8) is 0 Å². The highest BCUT2D eigenvalue weighted by Gasteiger charge is 2.29. The van der Waals surface area contributed by atoms with Crippen LogP contribution in [0.4, 0.5) is 17.2 Å². The summed E-state index contributed by atoms with van der Waals surface area (Å²) in [5.41, 5.74) is 9.09. The number of rotatable bonds is 6. The van der Waals surface area contributed by atoms with E-state index in [-0.39, 0.29) is 0 Å². The molecule has 0 spiro atoms. The van der Waals surface area contributed by atoms with Gasteiger partial charge in [-0.05, 0) is 53.1 Å². The molecule has 0 fully saturated rings. The summed E-state index contributed by atoms with van der Waals surface area (Å²) in [6, 6.07) is 58.3. The van der Waals surface area contributed by atoms with Gasteiger partial charge in [-0.3, -0.25) is 4.90 Å². The molecule has 0 saturated heterocycles. The van der Waals surface area contributed by atoms with E-state index in [0.29, 0.717) is 17.5 Å². The lowest BCUT2D eigenvalue weighted by molar-refractivity contribution is 1.06. The topological polar surface area (TPSA) is 54.8 Å². The van der Waals surface area contributed by atoms with Gasteiger partial charge in [-0.1, -0.05) is 145 Å². The van der Waals surface area contributed by atoms with Gasteiger partial charge in [0, 0.05) is 32.7 Å². The number of hydrogen-bond acceptors (Lipinski definition) is 6. The van der Waals surface area contributed by atoms with E-state index in [1.165, 1.54) is 0 Å². The predicted molar refractivity (Wildman–Crippen MR) is 204 cm³/mol. The standard InChI is InChI=1S/C44H29N5S/c1-4-15-30(16-5-1)33-21-14-22-34(27-33)35-28-36(43-47-41(31-17-6-2-7-18-31)46-42(48-43)32-19-8-3-9-20-32)44(45-29-35)49-37-23-10-12-25-39(37)50-40-26-13-11-24-38(40)49/h1-29H. The molecule has 236 valence electrons. The molecule has 1 aliphatic rings. The fourth-order valence-corrected chi connectivity index (χ4v) is 7.39. The largest absolute Gasteiger partial charge is 0.292 e. The summed E-state index contributed by atoms with van der Waals surface area (Å²) in [4.78, 5) is 25.2. The molecule has 0 saturated carbocycles. The highest BCUT2D eigenvalue weighted by Crippen LogP contribution is 2.52. The van der Waals surface area contributed by atoms with Gasteiger partial charge in [0.25, 0.3) is 0 Å². The van der Waals surface area contributed by atoms with E-state index in [0.717, 1.165) is 65.9 Å². The number of fused-ring (bicyclic) bond motifs is 2. The molecule has 0 atom stereocenters. The molecule has 0 bridgehead atoms. The van der Waals surface area contributed by atoms with Crippen molar-refractivity contribution in [1.82, 2.24) is 19.9 Å². The van der Waals surface area contributed by atoms with Gasteiger partial charge in [0.2, 0.25) is 0 Å². The zero-order valence-corrected chi connectivity index (χ0v) is 27.7. The lowest BCUT2D eigenvalue weighted by Gasteiger charge is -2.33. The molecule has 3 heterocycles. The molecule has 50 heavy (non-hydrogen) atoms. The summed E-state index contributed by atoms with van der Waals surface area (Å²) >= 11 is 1.77. The lowest BCUT2D eigenvalue weighted by atomic mass is 9.99. The van der Waals surface area contributed by atoms with Crippen LogP contribution in [-0.2, 0) is 0 Å². The van der Waals surface area contributed by atoms with Crippen LogP contribution in [-0.4, -0.2) is 19.9 Å². The summed E-state index contributed by atoms with van der Waals surface area (Å²) in [6.45, 7) is 0. The third-order valence-electron chi connectivity index (χ3n) is 8.75. The number of benzene rings is 6. The Morgan fingerprint density at radius 2 is 0.840 bits per heavy atom. The van der Waals surface area contributed by atoms with Crippen molar-refractivity contribution >= 4 is 29.0 Å². The van der Waals surface area contributed by atoms with Crippen LogP contribution in [0.2, 0.25) is 0 Å². The number of nitrogens with zero attached hydrogens (tertiary/aromatic N) is 5. The Labute approximate surface area is 295 Å². The van der Waals surface area contributed by atoms with Gasteiger partial charge >= 0.3 is 0 Å². The van der Waals surface area contributed by atoms with E-state index in [4.69, 9.17) is 19.9 Å². The van der Waals surface area contributed by atoms with E-state index in [9.17, 15) is 0 Å². The average Bonchev–Trinajstić information content (AvgIpc) is 3.20. The first-order valence-electron chi connectivity index (χ1n) is 16.5. The van der Waals surface area contributed by atoms with Crippen LogP contribution >= 0.6 is 11.8 Å². The third kappa shape index (κ3) is 5.62. The van der Waals surface area contributed by atoms with Crippen molar-refractivity contribution in [2.24, 2.45) is 0 Å². The number of para-hydroxylation sites is 2. The quantitative estimate of drug-likeness (QED) is 0.177. The van der Waals surface area contributed by atoms with Crippen molar-refractivity contribution in [3.05, 3.63) is 176 Å². The Morgan fingerprint density at radius 3 is 1.42 bits per heavy atom. The van der Waals surface area contributed by atoms with Gasteiger partial charge in [0.05, 0.1) is 16.9 Å². The molecule has 0 radical (unpaired) electrons. The fraction of sp³-hybridized carbons (Fsp3) is 0. The maximum Gasteiger partial charge on any atom is 0.167 e. The molecule has 9 rings (SSSR count). The Bertz CT molecular complexity index is 2370. The monoisotopic (exact) mass is 659 g/mol. The molecule has 1 aliphatic heterocycles. The minimum Gasteiger partial charge on any atom is -0.292 e. The Hall–Kier alpha value is -6.37. The summed E-state index contributed by atoms with van der Waals surface area (Å²) < 4.78 is 0. The zero-order valence-electron chi connectivity index (χ0n) is 26.9. The number of hydrogen-bond donors (Lipinski definition) is 0. The predicted octanol–water partition coefficient (Wildman–Crippen LogP) is 11.5. The first-order valence-corrected chi connectivity index (χ1v) is 17.3. The Morgan fingerprint density at radius 1 is 0.380 bits per heavy atom. The van der Waals surface area contributed by atoms with Crippen LogP contribution in [0.5, 0.6) is 0 Å². The Balaban J connectivity index is 1.30. The summed E-state index contributed by atoms with van der Waals surface area (Å²) in [6.07, 6.45) is 1.97. The van der Waals surface area contributed by atoms with Gasteiger partial charge in [-0.15, -0.1) is 0 Å². The van der Waals surface area contributed by atoms with Crippen LogP contribution < -0.4 is 4.90 Å². The molecule has 2 aromatic heterocycles. The molecule has 0 N–H and O–H groups in total. The second-order valence-electron chi connectivity index (χ2n) is 12.0. The van der Waals surface area contributed by atoms with Gasteiger partial charge in [-0.25, -0.2) is 19.9 Å². The Kier molecular flexibility index (Phi) is 7.68. The second kappa shape index (κ2) is 12.9. The van der Waals surface area contributed by atoms with Crippen molar-refractivity contribution in [1.29, 1.82) is 0 Å². The average molecular weight is 660 g/mol. The van der Waals surface area contributed by atoms with E-state index < -0.39 is 0 Å². The highest BCUT2D eigenvalue weighted by atomic mass is 32.2. The molecule has 6 heteroatoms. The summed E-state index contributed by atoms with van der Waals surface area (Å²) in [7, 11) is 0. The van der Waals surface area contributed by atoms with Crippen LogP contribution in [0, 0.1) is 0 Å². The number of anilines is 3. The molecule has 0 aliphatic carbocycles. The summed E-state index contributed by atoms with van der Waals surface area (Å²) in [5.74, 6) is 2.51. The van der Waals surface area contributed by atoms with Gasteiger partial charge in [-0.2, -0.15) is 0 Å². The van der Waals surface area contributed by atoms with Crippen molar-refractivity contribution in [3.8, 4) is 56.4 Å². The molecular weight excluding hydrogens is 631 g/mol. The molecule has 8 aromatic rings. The SMILES string of the molecule is c1ccc(-c2cccc(-c3cnc(N4c5ccccc5Sc5ccccc54)c(-c4nc(-c5ccccc5)nc(-c5ccccc5)n4)c3)c2)cc1. The molecule has 6 aromatic carbocycles. The minimum atomic E-state index is 0.550. The molecular formula is C44H29N5S. The van der Waals surface area contributed by atoms with Crippen LogP contribution in [0.25, 0.3) is 56.4 Å². The van der Waals surface area contributed by atoms with Gasteiger partial charge < -0.3 is 0 Å². The minimum absolute atomic E-state index is 0.550. The molecule has 0 unspecified atom stereocenters. The first kappa shape index (κ1) is 29.7. The lowest BCUT2D eigenvalue weighted by Crippen LogP contribution is -2.17. The normalized spacial score (nSPS) is 11.9. The number of pyridine rings is 1. The van der Waals surface area contributed by atoms with Crippen LogP contribution in [0.1, 0.15) is 0 Å². The van der Waals surface area contributed by atoms with E-state index in [1.807, 2.05) is 72.9 Å². The molecule has 0 amide bonds. The van der Waals surface area contributed by atoms with Crippen molar-refractivity contribution in [2.75, 3.05) is 4.90 Å². The van der Waals surface area contributed by atoms with Gasteiger partial charge in [0.1, 0.15) is 5.82 Å². The first-order chi connectivity index (χ1) is 24.8. The smallest absolute Gasteiger partial charge is 0.167 e. The highest BCUT2D eigenvalue weighted by molar-refractivity contribution is 7.99. The molecule has 5 nitrogen and oxygen atoms in total. The maximum absolute atomic E-state index is 5.28. The third-order valence-corrected chi connectivity index (χ3v) is 9.88. The van der Waals surface area contributed by atoms with Crippen molar-refractivity contribution < 1.29 is 0 Å². The van der Waals surface area contributed by atoms with E-state index >= 15 is 0 Å². The van der Waals surface area contributed by atoms with Gasteiger partial charge in [0.15, 0.2) is 17.5 Å². The number of aromatic nitrogens is 4. The van der Waals surface area contributed by atoms with Crippen molar-refractivity contribution in [2.45, 2.75) is 9.79 Å². The fourth-order valence-electron chi connectivity index (χ4n) is 6.33. The van der Waals surface area contributed by atoms with E-state index in [2.05, 4.69) is 108 Å². The van der Waals surface area contributed by atoms with Crippen LogP contribution in [0.15, 0.2) is 186 Å². The van der Waals surface area contributed by atoms with E-state index in [1.54, 1.807) is 11.8 Å².